The van der Waals surface area contributed by atoms with Crippen molar-refractivity contribution in [2.75, 3.05) is 18.8 Å². The molecule has 0 bridgehead atoms. The second-order valence-corrected chi connectivity index (χ2v) is 7.30. The lowest BCUT2D eigenvalue weighted by Gasteiger charge is -2.47. The van der Waals surface area contributed by atoms with Crippen molar-refractivity contribution in [3.63, 3.8) is 0 Å². The molecular formula is C15H28N2OS. The van der Waals surface area contributed by atoms with Crippen LogP contribution in [0.5, 0.6) is 0 Å². The number of hydrogen-bond acceptors (Lipinski definition) is 3. The fraction of sp³-hybridized carbons (Fsp3) is 0.933. The van der Waals surface area contributed by atoms with Crippen LogP contribution >= 0.6 is 11.8 Å². The fourth-order valence-electron chi connectivity index (χ4n) is 3.58. The highest BCUT2D eigenvalue weighted by Gasteiger charge is 2.43. The fourth-order valence-corrected chi connectivity index (χ4v) is 5.03. The Balaban J connectivity index is 2.16. The molecule has 1 aliphatic heterocycles. The van der Waals surface area contributed by atoms with Gasteiger partial charge in [-0.05, 0) is 25.7 Å². The van der Waals surface area contributed by atoms with Gasteiger partial charge in [0, 0.05) is 30.1 Å². The number of nitrogens with two attached hydrogens (primary N) is 1. The molecule has 1 amide bonds. The molecule has 4 heteroatoms. The topological polar surface area (TPSA) is 46.3 Å². The van der Waals surface area contributed by atoms with E-state index in [0.29, 0.717) is 23.7 Å². The quantitative estimate of drug-likeness (QED) is 0.863. The van der Waals surface area contributed by atoms with Crippen LogP contribution < -0.4 is 5.73 Å². The second kappa shape index (κ2) is 6.49. The van der Waals surface area contributed by atoms with Crippen molar-refractivity contribution in [1.82, 2.24) is 4.90 Å². The summed E-state index contributed by atoms with van der Waals surface area (Å²) < 4.78 is 0. The van der Waals surface area contributed by atoms with Crippen LogP contribution in [0.4, 0.5) is 0 Å². The van der Waals surface area contributed by atoms with E-state index in [-0.39, 0.29) is 5.41 Å². The molecule has 1 heterocycles. The number of carbonyl (C=O) groups excluding carboxylic acids is 1. The first kappa shape index (κ1) is 15.2. The zero-order valence-corrected chi connectivity index (χ0v) is 13.2. The van der Waals surface area contributed by atoms with E-state index in [4.69, 9.17) is 5.73 Å². The highest BCUT2D eigenvalue weighted by molar-refractivity contribution is 8.00. The average molecular weight is 284 g/mol. The normalized spacial score (nSPS) is 28.1. The van der Waals surface area contributed by atoms with Crippen molar-refractivity contribution >= 4 is 17.7 Å². The molecule has 2 fully saturated rings. The van der Waals surface area contributed by atoms with Gasteiger partial charge in [0.1, 0.15) is 0 Å². The highest BCUT2D eigenvalue weighted by Crippen LogP contribution is 2.38. The minimum absolute atomic E-state index is 0.315. The Morgan fingerprint density at radius 3 is 2.63 bits per heavy atom. The van der Waals surface area contributed by atoms with Gasteiger partial charge in [0.05, 0.1) is 5.41 Å². The van der Waals surface area contributed by atoms with Gasteiger partial charge in [0.15, 0.2) is 0 Å². The van der Waals surface area contributed by atoms with Crippen molar-refractivity contribution in [2.24, 2.45) is 11.1 Å². The van der Waals surface area contributed by atoms with E-state index in [0.717, 1.165) is 25.1 Å². The molecule has 3 nitrogen and oxygen atoms in total. The predicted molar refractivity (Wildman–Crippen MR) is 82.3 cm³/mol. The van der Waals surface area contributed by atoms with Gasteiger partial charge in [-0.3, -0.25) is 4.79 Å². The van der Waals surface area contributed by atoms with Crippen LogP contribution in [0.15, 0.2) is 0 Å². The smallest absolute Gasteiger partial charge is 0.230 e. The molecule has 1 aliphatic carbocycles. The van der Waals surface area contributed by atoms with Gasteiger partial charge in [0.2, 0.25) is 5.91 Å². The van der Waals surface area contributed by atoms with Crippen LogP contribution in [0, 0.1) is 5.41 Å². The molecule has 0 aromatic rings. The van der Waals surface area contributed by atoms with Crippen molar-refractivity contribution in [2.45, 2.75) is 63.7 Å². The number of hydrogen-bond donors (Lipinski definition) is 1. The van der Waals surface area contributed by atoms with E-state index in [1.54, 1.807) is 0 Å². The number of fused-ring (bicyclic) bond motifs is 1. The van der Waals surface area contributed by atoms with E-state index in [2.05, 4.69) is 30.5 Å². The summed E-state index contributed by atoms with van der Waals surface area (Å²) in [6, 6.07) is 0.476. The van der Waals surface area contributed by atoms with Crippen molar-refractivity contribution in [1.29, 1.82) is 0 Å². The van der Waals surface area contributed by atoms with Gasteiger partial charge in [-0.25, -0.2) is 0 Å². The van der Waals surface area contributed by atoms with E-state index in [1.165, 1.54) is 25.7 Å². The molecular weight excluding hydrogens is 256 g/mol. The Morgan fingerprint density at radius 1 is 1.32 bits per heavy atom. The first-order valence-corrected chi connectivity index (χ1v) is 8.86. The Kier molecular flexibility index (Phi) is 5.18. The summed E-state index contributed by atoms with van der Waals surface area (Å²) in [7, 11) is 0. The van der Waals surface area contributed by atoms with Crippen LogP contribution in [-0.2, 0) is 4.79 Å². The molecule has 2 aliphatic rings. The lowest BCUT2D eigenvalue weighted by atomic mass is 9.79. The molecule has 19 heavy (non-hydrogen) atoms. The van der Waals surface area contributed by atoms with Gasteiger partial charge < -0.3 is 10.6 Å². The second-order valence-electron chi connectivity index (χ2n) is 5.95. The van der Waals surface area contributed by atoms with E-state index < -0.39 is 0 Å². The van der Waals surface area contributed by atoms with E-state index in [9.17, 15) is 4.79 Å². The summed E-state index contributed by atoms with van der Waals surface area (Å²) in [6.07, 6.45) is 6.81. The van der Waals surface area contributed by atoms with Crippen LogP contribution in [0.3, 0.4) is 0 Å². The minimum Gasteiger partial charge on any atom is -0.337 e. The maximum absolute atomic E-state index is 13.0. The standard InChI is InChI=1S/C15H28N2OS/c1-3-15(4-2,11-16)14(18)17-9-10-19-13-8-6-5-7-12(13)17/h12-13H,3-11,16H2,1-2H3. The Hall–Kier alpha value is -0.220. The Bertz CT molecular complexity index is 307. The SMILES string of the molecule is CCC(CC)(CN)C(=O)N1CCSC2CCCCC21. The molecule has 110 valence electrons. The van der Waals surface area contributed by atoms with Gasteiger partial charge in [0.25, 0.3) is 0 Å². The first-order chi connectivity index (χ1) is 9.18. The molecule has 0 aromatic heterocycles. The molecule has 2 rings (SSSR count). The molecule has 2 atom stereocenters. The maximum Gasteiger partial charge on any atom is 0.230 e. The first-order valence-electron chi connectivity index (χ1n) is 7.81. The molecule has 1 saturated heterocycles. The lowest BCUT2D eigenvalue weighted by molar-refractivity contribution is -0.145. The zero-order chi connectivity index (χ0) is 13.9. The van der Waals surface area contributed by atoms with Crippen molar-refractivity contribution < 1.29 is 4.79 Å². The number of carbonyl (C=O) groups is 1. The molecule has 0 spiro atoms. The van der Waals surface area contributed by atoms with Gasteiger partial charge in [-0.2, -0.15) is 11.8 Å². The van der Waals surface area contributed by atoms with Crippen LogP contribution in [0.2, 0.25) is 0 Å². The van der Waals surface area contributed by atoms with Gasteiger partial charge in [-0.15, -0.1) is 0 Å². The zero-order valence-electron chi connectivity index (χ0n) is 12.4. The van der Waals surface area contributed by atoms with Crippen LogP contribution in [0.25, 0.3) is 0 Å². The van der Waals surface area contributed by atoms with Crippen LogP contribution in [0.1, 0.15) is 52.4 Å². The largest absolute Gasteiger partial charge is 0.337 e. The van der Waals surface area contributed by atoms with Gasteiger partial charge in [-0.1, -0.05) is 26.7 Å². The molecule has 2 unspecified atom stereocenters. The number of rotatable bonds is 4. The number of thioether (sulfide) groups is 1. The van der Waals surface area contributed by atoms with E-state index in [1.807, 2.05) is 0 Å². The third kappa shape index (κ3) is 2.80. The monoisotopic (exact) mass is 284 g/mol. The summed E-state index contributed by atoms with van der Waals surface area (Å²) in [5.74, 6) is 1.43. The van der Waals surface area contributed by atoms with Crippen LogP contribution in [-0.4, -0.2) is 40.9 Å². The summed E-state index contributed by atoms with van der Waals surface area (Å²) in [5, 5.41) is 0.677. The third-order valence-electron chi connectivity index (χ3n) is 5.19. The molecule has 0 radical (unpaired) electrons. The molecule has 0 aromatic carbocycles. The van der Waals surface area contributed by atoms with Gasteiger partial charge >= 0.3 is 0 Å². The van der Waals surface area contributed by atoms with Crippen molar-refractivity contribution in [3.05, 3.63) is 0 Å². The Labute approximate surface area is 121 Å². The molecule has 2 N–H and O–H groups in total. The highest BCUT2D eigenvalue weighted by atomic mass is 32.2. The summed E-state index contributed by atoms with van der Waals surface area (Å²) in [4.78, 5) is 15.2. The number of amides is 1. The predicted octanol–water partition coefficient (Wildman–Crippen LogP) is 2.64. The minimum atomic E-state index is -0.315. The molecule has 1 saturated carbocycles. The average Bonchev–Trinajstić information content (AvgIpc) is 2.49. The Morgan fingerprint density at radius 2 is 2.00 bits per heavy atom. The number of nitrogens with zero attached hydrogens (tertiary/aromatic N) is 1. The summed E-state index contributed by atoms with van der Waals surface area (Å²) >= 11 is 2.08. The lowest BCUT2D eigenvalue weighted by Crippen LogP contribution is -2.57. The van der Waals surface area contributed by atoms with E-state index >= 15 is 0 Å². The summed E-state index contributed by atoms with van der Waals surface area (Å²) in [5.41, 5.74) is 5.64. The maximum atomic E-state index is 13.0. The summed E-state index contributed by atoms with van der Waals surface area (Å²) in [6.45, 7) is 5.61. The van der Waals surface area contributed by atoms with Crippen molar-refractivity contribution in [3.8, 4) is 0 Å². The third-order valence-corrected chi connectivity index (χ3v) is 6.59.